The Morgan fingerprint density at radius 2 is 1.89 bits per heavy atom. The van der Waals surface area contributed by atoms with Crippen molar-refractivity contribution in [1.29, 1.82) is 0 Å². The van der Waals surface area contributed by atoms with Gasteiger partial charge in [0, 0.05) is 61.6 Å². The van der Waals surface area contributed by atoms with Gasteiger partial charge in [0.05, 0.1) is 30.8 Å². The maximum atomic E-state index is 14.5. The van der Waals surface area contributed by atoms with Crippen LogP contribution in [0.3, 0.4) is 0 Å². The maximum absolute atomic E-state index is 14.5. The number of carbonyl (C=O) groups is 1. The van der Waals surface area contributed by atoms with E-state index in [9.17, 15) is 9.18 Å². The van der Waals surface area contributed by atoms with E-state index in [0.29, 0.717) is 36.1 Å². The fourth-order valence-electron chi connectivity index (χ4n) is 3.87. The molecular weight excluding hydrogens is 463 g/mol. The molecule has 1 fully saturated rings. The van der Waals surface area contributed by atoms with Crippen LogP contribution < -0.4 is 20.3 Å². The van der Waals surface area contributed by atoms with E-state index in [4.69, 9.17) is 9.47 Å². The van der Waals surface area contributed by atoms with Gasteiger partial charge >= 0.3 is 6.03 Å². The van der Waals surface area contributed by atoms with Crippen LogP contribution in [0, 0.1) is 5.82 Å². The van der Waals surface area contributed by atoms with Crippen LogP contribution in [0.1, 0.15) is 0 Å². The lowest BCUT2D eigenvalue weighted by molar-refractivity contribution is 0.122. The van der Waals surface area contributed by atoms with Crippen LogP contribution in [0.2, 0.25) is 0 Å². The zero-order valence-corrected chi connectivity index (χ0v) is 19.6. The number of benzene rings is 2. The molecule has 36 heavy (non-hydrogen) atoms. The summed E-state index contributed by atoms with van der Waals surface area (Å²) < 4.78 is 27.5. The third kappa shape index (κ3) is 5.61. The molecule has 2 amide bonds. The number of anilines is 3. The lowest BCUT2D eigenvalue weighted by Crippen LogP contribution is -2.36. The van der Waals surface area contributed by atoms with Gasteiger partial charge < -0.3 is 25.0 Å². The molecule has 5 rings (SSSR count). The first-order valence-electron chi connectivity index (χ1n) is 11.5. The van der Waals surface area contributed by atoms with Crippen molar-refractivity contribution in [2.45, 2.75) is 0 Å². The molecule has 9 nitrogen and oxygen atoms in total. The number of hydrogen-bond acceptors (Lipinski definition) is 6. The van der Waals surface area contributed by atoms with Crippen LogP contribution in [-0.2, 0) is 11.8 Å². The number of carbonyl (C=O) groups excluding carboxylic acids is 1. The van der Waals surface area contributed by atoms with Crippen molar-refractivity contribution in [3.8, 4) is 22.8 Å². The van der Waals surface area contributed by atoms with Gasteiger partial charge in [0.15, 0.2) is 0 Å². The number of amides is 2. The third-order valence-electron chi connectivity index (χ3n) is 5.63. The predicted molar refractivity (Wildman–Crippen MR) is 135 cm³/mol. The molecule has 1 aliphatic heterocycles. The van der Waals surface area contributed by atoms with E-state index in [-0.39, 0.29) is 5.69 Å². The first-order valence-corrected chi connectivity index (χ1v) is 11.5. The van der Waals surface area contributed by atoms with Crippen LogP contribution in [-0.4, -0.2) is 47.1 Å². The summed E-state index contributed by atoms with van der Waals surface area (Å²) in [4.78, 5) is 19.1. The lowest BCUT2D eigenvalue weighted by atomic mass is 10.2. The summed E-state index contributed by atoms with van der Waals surface area (Å²) >= 11 is 0. The number of pyridine rings is 1. The molecule has 0 spiro atoms. The number of ether oxygens (including phenoxy) is 2. The minimum atomic E-state index is -0.578. The topological polar surface area (TPSA) is 93.5 Å². The molecule has 3 heterocycles. The van der Waals surface area contributed by atoms with Crippen LogP contribution in [0.4, 0.5) is 26.2 Å². The van der Waals surface area contributed by atoms with Crippen molar-refractivity contribution < 1.29 is 18.7 Å². The Labute approximate surface area is 207 Å². The minimum Gasteiger partial charge on any atom is -0.457 e. The quantitative estimate of drug-likeness (QED) is 0.401. The predicted octanol–water partition coefficient (Wildman–Crippen LogP) is 4.89. The largest absolute Gasteiger partial charge is 0.457 e. The van der Waals surface area contributed by atoms with Crippen molar-refractivity contribution in [2.24, 2.45) is 7.05 Å². The average Bonchev–Trinajstić information content (AvgIpc) is 3.33. The minimum absolute atomic E-state index is 0.00382. The van der Waals surface area contributed by atoms with Gasteiger partial charge in [-0.2, -0.15) is 5.10 Å². The van der Waals surface area contributed by atoms with Gasteiger partial charge in [-0.05, 0) is 36.4 Å². The molecule has 2 aromatic heterocycles. The highest BCUT2D eigenvalue weighted by Crippen LogP contribution is 2.29. The number of hydrogen-bond donors (Lipinski definition) is 2. The normalized spacial score (nSPS) is 13.3. The zero-order chi connectivity index (χ0) is 24.9. The van der Waals surface area contributed by atoms with Crippen molar-refractivity contribution in [2.75, 3.05) is 41.8 Å². The maximum Gasteiger partial charge on any atom is 0.323 e. The zero-order valence-electron chi connectivity index (χ0n) is 19.6. The fourth-order valence-corrected chi connectivity index (χ4v) is 3.87. The van der Waals surface area contributed by atoms with Gasteiger partial charge in [0.2, 0.25) is 0 Å². The molecule has 0 radical (unpaired) electrons. The van der Waals surface area contributed by atoms with Crippen molar-refractivity contribution in [3.63, 3.8) is 0 Å². The van der Waals surface area contributed by atoms with E-state index >= 15 is 0 Å². The Hall–Kier alpha value is -4.44. The number of aromatic nitrogens is 3. The first-order chi connectivity index (χ1) is 17.5. The summed E-state index contributed by atoms with van der Waals surface area (Å²) in [5.41, 5.74) is 3.12. The van der Waals surface area contributed by atoms with Gasteiger partial charge in [-0.1, -0.05) is 6.07 Å². The van der Waals surface area contributed by atoms with E-state index in [0.717, 1.165) is 24.3 Å². The third-order valence-corrected chi connectivity index (χ3v) is 5.63. The lowest BCUT2D eigenvalue weighted by Gasteiger charge is -2.29. The highest BCUT2D eigenvalue weighted by Gasteiger charge is 2.13. The summed E-state index contributed by atoms with van der Waals surface area (Å²) in [7, 11) is 1.83. The van der Waals surface area contributed by atoms with Gasteiger partial charge in [0.1, 0.15) is 17.3 Å². The second kappa shape index (κ2) is 10.4. The molecule has 0 unspecified atom stereocenters. The number of aryl methyl sites for hydroxylation is 1. The molecular formula is C26H25FN6O3. The molecule has 184 valence electrons. The molecule has 2 aromatic carbocycles. The Morgan fingerprint density at radius 1 is 1.06 bits per heavy atom. The van der Waals surface area contributed by atoms with Gasteiger partial charge in [-0.15, -0.1) is 0 Å². The Morgan fingerprint density at radius 3 is 2.69 bits per heavy atom. The summed E-state index contributed by atoms with van der Waals surface area (Å²) in [5.74, 6) is 0.306. The van der Waals surface area contributed by atoms with Crippen LogP contribution in [0.15, 0.2) is 73.2 Å². The molecule has 2 N–H and O–H groups in total. The first kappa shape index (κ1) is 23.3. The smallest absolute Gasteiger partial charge is 0.323 e. The van der Waals surface area contributed by atoms with E-state index in [1.807, 2.05) is 31.4 Å². The monoisotopic (exact) mass is 488 g/mol. The Bertz CT molecular complexity index is 1370. The summed E-state index contributed by atoms with van der Waals surface area (Å²) in [6.45, 7) is 2.91. The summed E-state index contributed by atoms with van der Waals surface area (Å²) in [6, 6.07) is 14.6. The standard InChI is InChI=1S/C26H25FN6O3/c1-32-17-18(16-29-32)24-14-22(7-8-28-24)36-21-5-6-23(27)25(15-21)31-26(34)30-19-3-2-4-20(13-19)33-9-11-35-12-10-33/h2-8,13-17H,9-12H2,1H3,(H2,30,31,34). The second-order valence-electron chi connectivity index (χ2n) is 8.25. The molecule has 1 saturated heterocycles. The number of nitrogens with zero attached hydrogens (tertiary/aromatic N) is 4. The van der Waals surface area contributed by atoms with Crippen LogP contribution in [0.5, 0.6) is 11.5 Å². The number of morpholine rings is 1. The number of urea groups is 1. The van der Waals surface area contributed by atoms with Crippen LogP contribution in [0.25, 0.3) is 11.3 Å². The number of rotatable bonds is 6. The number of nitrogens with one attached hydrogen (secondary N) is 2. The second-order valence-corrected chi connectivity index (χ2v) is 8.25. The van der Waals surface area contributed by atoms with Crippen molar-refractivity contribution >= 4 is 23.1 Å². The molecule has 0 bridgehead atoms. The highest BCUT2D eigenvalue weighted by molar-refractivity contribution is 6.00. The van der Waals surface area contributed by atoms with Gasteiger partial charge in [0.25, 0.3) is 0 Å². The SMILES string of the molecule is Cn1cc(-c2cc(Oc3ccc(F)c(NC(=O)Nc4cccc(N5CCOCC5)c4)c3)ccn2)cn1. The van der Waals surface area contributed by atoms with Gasteiger partial charge in [-0.25, -0.2) is 9.18 Å². The van der Waals surface area contributed by atoms with E-state index < -0.39 is 11.8 Å². The Balaban J connectivity index is 1.26. The van der Waals surface area contributed by atoms with Gasteiger partial charge in [-0.3, -0.25) is 9.67 Å². The van der Waals surface area contributed by atoms with E-state index in [2.05, 4.69) is 25.6 Å². The molecule has 1 aliphatic rings. The molecule has 4 aromatic rings. The highest BCUT2D eigenvalue weighted by atomic mass is 19.1. The van der Waals surface area contributed by atoms with Crippen molar-refractivity contribution in [1.82, 2.24) is 14.8 Å². The fraction of sp³-hybridized carbons (Fsp3) is 0.192. The summed E-state index contributed by atoms with van der Waals surface area (Å²) in [6.07, 6.45) is 5.18. The molecule has 0 atom stereocenters. The van der Waals surface area contributed by atoms with E-state index in [1.54, 1.807) is 35.3 Å². The number of halogens is 1. The van der Waals surface area contributed by atoms with E-state index in [1.165, 1.54) is 18.2 Å². The molecule has 10 heteroatoms. The molecule has 0 saturated carbocycles. The Kier molecular flexibility index (Phi) is 6.76. The van der Waals surface area contributed by atoms with Crippen LogP contribution >= 0.6 is 0 Å². The molecule has 0 aliphatic carbocycles. The van der Waals surface area contributed by atoms with Crippen molar-refractivity contribution in [3.05, 3.63) is 79.0 Å². The summed E-state index contributed by atoms with van der Waals surface area (Å²) in [5, 5.41) is 9.48. The average molecular weight is 489 g/mol.